The van der Waals surface area contributed by atoms with Gasteiger partial charge in [-0.3, -0.25) is 9.59 Å². The average molecular weight is 341 g/mol. The molecule has 0 radical (unpaired) electrons. The molecule has 1 aromatic carbocycles. The van der Waals surface area contributed by atoms with Gasteiger partial charge in [0.15, 0.2) is 17.4 Å². The van der Waals surface area contributed by atoms with E-state index < -0.39 is 34.7 Å². The van der Waals surface area contributed by atoms with Crippen LogP contribution in [0.4, 0.5) is 8.78 Å². The van der Waals surface area contributed by atoms with Crippen LogP contribution < -0.4 is 4.74 Å². The third-order valence-electron chi connectivity index (χ3n) is 4.87. The first kappa shape index (κ1) is 16.6. The number of nitrogens with zero attached hydrogens (tertiary/aromatic N) is 1. The van der Waals surface area contributed by atoms with Crippen molar-refractivity contribution in [2.45, 2.75) is 6.42 Å². The molecule has 1 N–H and O–H groups in total. The van der Waals surface area contributed by atoms with E-state index in [9.17, 15) is 23.5 Å². The molecule has 0 aliphatic carbocycles. The minimum Gasteiger partial charge on any atom is -0.491 e. The maximum atomic E-state index is 13.8. The van der Waals surface area contributed by atoms with Crippen molar-refractivity contribution < 1.29 is 33.0 Å². The summed E-state index contributed by atoms with van der Waals surface area (Å²) in [6.45, 7) is 0.753. The van der Waals surface area contributed by atoms with E-state index in [1.807, 2.05) is 0 Å². The van der Waals surface area contributed by atoms with Crippen molar-refractivity contribution in [3.8, 4) is 5.75 Å². The largest absolute Gasteiger partial charge is 0.491 e. The molecular weight excluding hydrogens is 324 g/mol. The lowest BCUT2D eigenvalue weighted by molar-refractivity contribution is -0.157. The van der Waals surface area contributed by atoms with Crippen molar-refractivity contribution in [3.05, 3.63) is 29.3 Å². The van der Waals surface area contributed by atoms with Gasteiger partial charge in [0.2, 0.25) is 0 Å². The van der Waals surface area contributed by atoms with E-state index in [4.69, 9.17) is 4.74 Å². The smallest absolute Gasteiger partial charge is 0.311 e. The lowest BCUT2D eigenvalue weighted by Gasteiger charge is -2.33. The fourth-order valence-corrected chi connectivity index (χ4v) is 3.52. The normalized spacial score (nSPS) is 26.1. The summed E-state index contributed by atoms with van der Waals surface area (Å²) in [5.74, 6) is -4.43. The molecule has 24 heavy (non-hydrogen) atoms. The highest BCUT2D eigenvalue weighted by Crippen LogP contribution is 2.43. The monoisotopic (exact) mass is 341 g/mol. The van der Waals surface area contributed by atoms with Crippen LogP contribution in [-0.2, 0) is 9.53 Å². The third kappa shape index (κ3) is 2.50. The molecule has 0 spiro atoms. The fraction of sp³-hybridized carbons (Fsp3) is 0.500. The second-order valence-electron chi connectivity index (χ2n) is 6.14. The SMILES string of the molecule is COc1c(F)cc(C(=O)N2C[C@@H]3COCC[C@]3(C(=O)O)C2)cc1F. The lowest BCUT2D eigenvalue weighted by atomic mass is 9.74. The summed E-state index contributed by atoms with van der Waals surface area (Å²) in [5.41, 5.74) is -1.23. The molecule has 1 amide bonds. The van der Waals surface area contributed by atoms with Crippen molar-refractivity contribution in [2.75, 3.05) is 33.4 Å². The Kier molecular flexibility index (Phi) is 4.16. The van der Waals surface area contributed by atoms with Gasteiger partial charge in [0.05, 0.1) is 19.1 Å². The van der Waals surface area contributed by atoms with Crippen molar-refractivity contribution in [3.63, 3.8) is 0 Å². The summed E-state index contributed by atoms with van der Waals surface area (Å²) >= 11 is 0. The number of carboxylic acids is 1. The summed E-state index contributed by atoms with van der Waals surface area (Å²) in [5, 5.41) is 9.60. The molecule has 6 nitrogen and oxygen atoms in total. The van der Waals surface area contributed by atoms with Gasteiger partial charge in [-0.2, -0.15) is 0 Å². The zero-order valence-electron chi connectivity index (χ0n) is 13.1. The Hall–Kier alpha value is -2.22. The van der Waals surface area contributed by atoms with Crippen LogP contribution >= 0.6 is 0 Å². The summed E-state index contributed by atoms with van der Waals surface area (Å²) in [4.78, 5) is 25.6. The van der Waals surface area contributed by atoms with Gasteiger partial charge in [0.25, 0.3) is 5.91 Å². The van der Waals surface area contributed by atoms with Gasteiger partial charge in [-0.25, -0.2) is 8.78 Å². The van der Waals surface area contributed by atoms with Crippen LogP contribution in [0.5, 0.6) is 5.75 Å². The van der Waals surface area contributed by atoms with E-state index in [1.165, 1.54) is 4.90 Å². The van der Waals surface area contributed by atoms with Crippen LogP contribution in [0.1, 0.15) is 16.8 Å². The molecule has 2 fully saturated rings. The molecule has 130 valence electrons. The van der Waals surface area contributed by atoms with E-state index in [0.717, 1.165) is 19.2 Å². The zero-order chi connectivity index (χ0) is 17.5. The highest BCUT2D eigenvalue weighted by atomic mass is 19.1. The van der Waals surface area contributed by atoms with Gasteiger partial charge in [0.1, 0.15) is 0 Å². The van der Waals surface area contributed by atoms with Gasteiger partial charge >= 0.3 is 5.97 Å². The van der Waals surface area contributed by atoms with Crippen molar-refractivity contribution >= 4 is 11.9 Å². The zero-order valence-corrected chi connectivity index (χ0v) is 13.1. The fourth-order valence-electron chi connectivity index (χ4n) is 3.52. The first-order valence-electron chi connectivity index (χ1n) is 7.52. The van der Waals surface area contributed by atoms with Crippen LogP contribution in [-0.4, -0.2) is 55.3 Å². The van der Waals surface area contributed by atoms with Crippen molar-refractivity contribution in [1.82, 2.24) is 4.90 Å². The number of fused-ring (bicyclic) bond motifs is 1. The number of amides is 1. The number of aliphatic carboxylic acids is 1. The Morgan fingerprint density at radius 1 is 1.38 bits per heavy atom. The highest BCUT2D eigenvalue weighted by Gasteiger charge is 2.55. The van der Waals surface area contributed by atoms with Gasteiger partial charge < -0.3 is 19.5 Å². The molecule has 8 heteroatoms. The maximum Gasteiger partial charge on any atom is 0.311 e. The predicted octanol–water partition coefficient (Wildman–Crippen LogP) is 1.54. The second kappa shape index (κ2) is 6.01. The van der Waals surface area contributed by atoms with E-state index in [1.54, 1.807) is 0 Å². The molecule has 2 aliphatic heterocycles. The Morgan fingerprint density at radius 3 is 2.58 bits per heavy atom. The minimum atomic E-state index is -1.06. The first-order chi connectivity index (χ1) is 11.4. The van der Waals surface area contributed by atoms with E-state index >= 15 is 0 Å². The number of carbonyl (C=O) groups excluding carboxylic acids is 1. The number of hydrogen-bond acceptors (Lipinski definition) is 4. The molecule has 2 heterocycles. The van der Waals surface area contributed by atoms with Crippen LogP contribution in [0.2, 0.25) is 0 Å². The summed E-state index contributed by atoms with van der Waals surface area (Å²) < 4.78 is 37.5. The quantitative estimate of drug-likeness (QED) is 0.902. The van der Waals surface area contributed by atoms with E-state index in [0.29, 0.717) is 13.0 Å². The summed E-state index contributed by atoms with van der Waals surface area (Å²) in [6.07, 6.45) is 0.308. The molecule has 0 aromatic heterocycles. The Balaban J connectivity index is 1.88. The van der Waals surface area contributed by atoms with Crippen LogP contribution in [0.25, 0.3) is 0 Å². The van der Waals surface area contributed by atoms with Gasteiger partial charge in [-0.15, -0.1) is 0 Å². The molecule has 2 aliphatic rings. The van der Waals surface area contributed by atoms with Gasteiger partial charge in [-0.05, 0) is 18.6 Å². The van der Waals surface area contributed by atoms with Crippen LogP contribution in [0.15, 0.2) is 12.1 Å². The number of carbonyl (C=O) groups is 2. The summed E-state index contributed by atoms with van der Waals surface area (Å²) in [7, 11) is 1.13. The van der Waals surface area contributed by atoms with Crippen LogP contribution in [0, 0.1) is 23.0 Å². The number of methoxy groups -OCH3 is 1. The summed E-state index contributed by atoms with van der Waals surface area (Å²) in [6, 6.07) is 1.80. The molecular formula is C16H17F2NO5. The minimum absolute atomic E-state index is 0.00443. The maximum absolute atomic E-state index is 13.8. The molecule has 0 saturated carbocycles. The molecule has 1 aromatic rings. The Bertz CT molecular complexity index is 672. The number of carboxylic acid groups (broad SMARTS) is 1. The van der Waals surface area contributed by atoms with Crippen molar-refractivity contribution in [1.29, 1.82) is 0 Å². The molecule has 0 unspecified atom stereocenters. The lowest BCUT2D eigenvalue weighted by Crippen LogP contribution is -2.45. The predicted molar refractivity (Wildman–Crippen MR) is 77.8 cm³/mol. The highest BCUT2D eigenvalue weighted by molar-refractivity contribution is 5.95. The van der Waals surface area contributed by atoms with Gasteiger partial charge in [-0.1, -0.05) is 0 Å². The number of hydrogen-bond donors (Lipinski definition) is 1. The molecule has 2 atom stereocenters. The third-order valence-corrected chi connectivity index (χ3v) is 4.87. The number of benzene rings is 1. The average Bonchev–Trinajstić information content (AvgIpc) is 2.94. The van der Waals surface area contributed by atoms with E-state index in [-0.39, 0.29) is 31.2 Å². The Labute approximate surface area is 137 Å². The van der Waals surface area contributed by atoms with Crippen LogP contribution in [0.3, 0.4) is 0 Å². The molecule has 0 bridgehead atoms. The number of ether oxygens (including phenoxy) is 2. The van der Waals surface area contributed by atoms with E-state index in [2.05, 4.69) is 4.74 Å². The number of rotatable bonds is 3. The van der Waals surface area contributed by atoms with Crippen molar-refractivity contribution in [2.24, 2.45) is 11.3 Å². The topological polar surface area (TPSA) is 76.1 Å². The molecule has 3 rings (SSSR count). The second-order valence-corrected chi connectivity index (χ2v) is 6.14. The van der Waals surface area contributed by atoms with Gasteiger partial charge in [0, 0.05) is 31.2 Å². The first-order valence-corrected chi connectivity index (χ1v) is 7.52. The standard InChI is InChI=1S/C16H17F2NO5/c1-23-13-11(17)4-9(5-12(13)18)14(20)19-6-10-7-24-3-2-16(10,8-19)15(21)22/h4-5,10H,2-3,6-8H2,1H3,(H,21,22)/t10-,16+/m1/s1. The number of likely N-dealkylation sites (tertiary alicyclic amines) is 1. The number of halogens is 2. The Morgan fingerprint density at radius 2 is 2.04 bits per heavy atom. The molecule has 2 saturated heterocycles.